The van der Waals surface area contributed by atoms with Crippen molar-refractivity contribution in [3.63, 3.8) is 0 Å². The average Bonchev–Trinajstić information content (AvgIpc) is 2.79. The van der Waals surface area contributed by atoms with Crippen molar-refractivity contribution < 1.29 is 23.5 Å². The summed E-state index contributed by atoms with van der Waals surface area (Å²) in [7, 11) is 1.42. The molecule has 7 nitrogen and oxygen atoms in total. The number of carbonyl (C=O) groups is 2. The maximum atomic E-state index is 12.9. The van der Waals surface area contributed by atoms with E-state index in [0.29, 0.717) is 22.5 Å². The van der Waals surface area contributed by atoms with Crippen LogP contribution in [0.2, 0.25) is 0 Å². The van der Waals surface area contributed by atoms with E-state index in [1.807, 2.05) is 6.07 Å². The molecule has 0 radical (unpaired) electrons. The van der Waals surface area contributed by atoms with Crippen LogP contribution in [0.25, 0.3) is 0 Å². The normalized spacial score (nSPS) is 9.97. The van der Waals surface area contributed by atoms with Crippen LogP contribution in [0.15, 0.2) is 66.7 Å². The van der Waals surface area contributed by atoms with E-state index >= 15 is 0 Å². The van der Waals surface area contributed by atoms with Gasteiger partial charge in [0.15, 0.2) is 18.1 Å². The van der Waals surface area contributed by atoms with Gasteiger partial charge in [0, 0.05) is 16.9 Å². The Hall–Kier alpha value is -4.38. The molecule has 0 unspecified atom stereocenters. The molecule has 0 aliphatic carbocycles. The molecule has 0 atom stereocenters. The summed E-state index contributed by atoms with van der Waals surface area (Å²) in [4.78, 5) is 24.5. The Labute approximate surface area is 178 Å². The first-order chi connectivity index (χ1) is 15.0. The minimum absolute atomic E-state index is 0.280. The van der Waals surface area contributed by atoms with Gasteiger partial charge in [0.05, 0.1) is 18.7 Å². The highest BCUT2D eigenvalue weighted by Crippen LogP contribution is 2.28. The molecular weight excluding hydrogens is 401 g/mol. The van der Waals surface area contributed by atoms with E-state index in [-0.39, 0.29) is 24.0 Å². The molecule has 0 aliphatic rings. The lowest BCUT2D eigenvalue weighted by Crippen LogP contribution is -2.20. The molecule has 2 amide bonds. The SMILES string of the molecule is COc1cc(C(=O)Nc2ccc(C#N)cc2)ccc1OCC(=O)Nc1ccc(F)cc1. The summed E-state index contributed by atoms with van der Waals surface area (Å²) in [6, 6.07) is 18.4. The minimum atomic E-state index is -0.434. The highest BCUT2D eigenvalue weighted by Gasteiger charge is 2.13. The first-order valence-corrected chi connectivity index (χ1v) is 9.16. The summed E-state index contributed by atoms with van der Waals surface area (Å²) < 4.78 is 23.7. The Kier molecular flexibility index (Phi) is 6.81. The summed E-state index contributed by atoms with van der Waals surface area (Å²) in [5.41, 5.74) is 1.80. The molecule has 0 bridgehead atoms. The van der Waals surface area contributed by atoms with Crippen molar-refractivity contribution in [3.8, 4) is 17.6 Å². The molecular formula is C23H18FN3O4. The fourth-order valence-corrected chi connectivity index (χ4v) is 2.63. The number of carbonyl (C=O) groups excluding carboxylic acids is 2. The molecule has 0 aliphatic heterocycles. The zero-order valence-corrected chi connectivity index (χ0v) is 16.5. The van der Waals surface area contributed by atoms with Crippen LogP contribution in [-0.4, -0.2) is 25.5 Å². The largest absolute Gasteiger partial charge is 0.493 e. The van der Waals surface area contributed by atoms with Gasteiger partial charge >= 0.3 is 0 Å². The zero-order chi connectivity index (χ0) is 22.2. The first kappa shape index (κ1) is 21.3. The molecule has 0 fully saturated rings. The molecule has 0 aromatic heterocycles. The van der Waals surface area contributed by atoms with Gasteiger partial charge in [-0.2, -0.15) is 5.26 Å². The number of rotatable bonds is 7. The molecule has 0 saturated heterocycles. The van der Waals surface area contributed by atoms with Gasteiger partial charge in [0.25, 0.3) is 11.8 Å². The van der Waals surface area contributed by atoms with Gasteiger partial charge < -0.3 is 20.1 Å². The second-order valence-corrected chi connectivity index (χ2v) is 6.35. The van der Waals surface area contributed by atoms with Crippen molar-refractivity contribution in [2.45, 2.75) is 0 Å². The number of benzene rings is 3. The van der Waals surface area contributed by atoms with Gasteiger partial charge in [-0.25, -0.2) is 4.39 Å². The predicted octanol–water partition coefficient (Wildman–Crippen LogP) is 3.98. The van der Waals surface area contributed by atoms with E-state index in [0.717, 1.165) is 0 Å². The van der Waals surface area contributed by atoms with E-state index in [1.165, 1.54) is 49.6 Å². The molecule has 156 valence electrons. The first-order valence-electron chi connectivity index (χ1n) is 9.16. The highest BCUT2D eigenvalue weighted by atomic mass is 19.1. The molecule has 3 aromatic carbocycles. The number of hydrogen-bond donors (Lipinski definition) is 2. The number of nitriles is 1. The van der Waals surface area contributed by atoms with Crippen LogP contribution in [0.4, 0.5) is 15.8 Å². The topological polar surface area (TPSA) is 100 Å². The highest BCUT2D eigenvalue weighted by molar-refractivity contribution is 6.04. The van der Waals surface area contributed by atoms with Crippen LogP contribution < -0.4 is 20.1 Å². The molecule has 0 heterocycles. The summed E-state index contributed by atoms with van der Waals surface area (Å²) in [6.45, 7) is -0.301. The summed E-state index contributed by atoms with van der Waals surface area (Å²) >= 11 is 0. The number of nitrogens with one attached hydrogen (secondary N) is 2. The van der Waals surface area contributed by atoms with Crippen molar-refractivity contribution in [3.05, 3.63) is 83.7 Å². The Bertz CT molecular complexity index is 1120. The lowest BCUT2D eigenvalue weighted by molar-refractivity contribution is -0.118. The van der Waals surface area contributed by atoms with E-state index in [1.54, 1.807) is 24.3 Å². The molecule has 3 rings (SSSR count). The van der Waals surface area contributed by atoms with Crippen LogP contribution in [0.1, 0.15) is 15.9 Å². The molecule has 31 heavy (non-hydrogen) atoms. The molecule has 0 saturated carbocycles. The van der Waals surface area contributed by atoms with E-state index in [9.17, 15) is 14.0 Å². The molecule has 3 aromatic rings. The monoisotopic (exact) mass is 419 g/mol. The zero-order valence-electron chi connectivity index (χ0n) is 16.5. The third-order valence-electron chi connectivity index (χ3n) is 4.18. The number of amides is 2. The third-order valence-corrected chi connectivity index (χ3v) is 4.18. The van der Waals surface area contributed by atoms with Crippen LogP contribution >= 0.6 is 0 Å². The maximum absolute atomic E-state index is 12.9. The van der Waals surface area contributed by atoms with Gasteiger partial charge in [-0.3, -0.25) is 9.59 Å². The summed E-state index contributed by atoms with van der Waals surface area (Å²) in [5.74, 6) is -0.643. The number of anilines is 2. The number of halogens is 1. The van der Waals surface area contributed by atoms with E-state index in [2.05, 4.69) is 10.6 Å². The number of ether oxygens (including phenoxy) is 2. The van der Waals surface area contributed by atoms with Gasteiger partial charge in [-0.15, -0.1) is 0 Å². The van der Waals surface area contributed by atoms with Gasteiger partial charge in [0.2, 0.25) is 0 Å². The predicted molar refractivity (Wildman–Crippen MR) is 113 cm³/mol. The standard InChI is InChI=1S/C23H18FN3O4/c1-30-21-12-16(23(29)27-19-7-2-15(13-25)3-8-19)4-11-20(21)31-14-22(28)26-18-9-5-17(24)6-10-18/h2-12H,14H2,1H3,(H,26,28)(H,27,29). The van der Waals surface area contributed by atoms with Crippen LogP contribution in [-0.2, 0) is 4.79 Å². The van der Waals surface area contributed by atoms with Crippen molar-refractivity contribution in [1.82, 2.24) is 0 Å². The number of nitrogens with zero attached hydrogens (tertiary/aromatic N) is 1. The summed E-state index contributed by atoms with van der Waals surface area (Å²) in [5, 5.41) is 14.1. The molecule has 8 heteroatoms. The Balaban J connectivity index is 1.62. The van der Waals surface area contributed by atoms with Crippen molar-refractivity contribution >= 4 is 23.2 Å². The second kappa shape index (κ2) is 9.89. The Morgan fingerprint density at radius 3 is 2.23 bits per heavy atom. The van der Waals surface area contributed by atoms with Crippen molar-refractivity contribution in [1.29, 1.82) is 5.26 Å². The lowest BCUT2D eigenvalue weighted by atomic mass is 10.1. The second-order valence-electron chi connectivity index (χ2n) is 6.35. The number of methoxy groups -OCH3 is 1. The van der Waals surface area contributed by atoms with E-state index in [4.69, 9.17) is 14.7 Å². The molecule has 2 N–H and O–H groups in total. The maximum Gasteiger partial charge on any atom is 0.262 e. The van der Waals surface area contributed by atoms with Crippen LogP contribution in [0.5, 0.6) is 11.5 Å². The fourth-order valence-electron chi connectivity index (χ4n) is 2.63. The number of hydrogen-bond acceptors (Lipinski definition) is 5. The average molecular weight is 419 g/mol. The van der Waals surface area contributed by atoms with Crippen molar-refractivity contribution in [2.75, 3.05) is 24.4 Å². The summed E-state index contributed by atoms with van der Waals surface area (Å²) in [6.07, 6.45) is 0. The quantitative estimate of drug-likeness (QED) is 0.603. The Morgan fingerprint density at radius 1 is 0.935 bits per heavy atom. The van der Waals surface area contributed by atoms with Gasteiger partial charge in [0.1, 0.15) is 5.82 Å². The van der Waals surface area contributed by atoms with E-state index < -0.39 is 11.7 Å². The van der Waals surface area contributed by atoms with Crippen LogP contribution in [0, 0.1) is 17.1 Å². The van der Waals surface area contributed by atoms with Gasteiger partial charge in [-0.05, 0) is 66.7 Å². The minimum Gasteiger partial charge on any atom is -0.493 e. The van der Waals surface area contributed by atoms with Gasteiger partial charge in [-0.1, -0.05) is 0 Å². The Morgan fingerprint density at radius 2 is 1.58 bits per heavy atom. The van der Waals surface area contributed by atoms with Crippen molar-refractivity contribution in [2.24, 2.45) is 0 Å². The lowest BCUT2D eigenvalue weighted by Gasteiger charge is -2.12. The third kappa shape index (κ3) is 5.81. The smallest absolute Gasteiger partial charge is 0.262 e. The van der Waals surface area contributed by atoms with Crippen LogP contribution in [0.3, 0.4) is 0 Å². The fraction of sp³-hybridized carbons (Fsp3) is 0.0870. The molecule has 0 spiro atoms.